The lowest BCUT2D eigenvalue weighted by molar-refractivity contribution is -0.142. The minimum Gasteiger partial charge on any atom is -0.481 e. The predicted molar refractivity (Wildman–Crippen MR) is 74.9 cm³/mol. The van der Waals surface area contributed by atoms with Crippen LogP contribution in [0.25, 0.3) is 0 Å². The van der Waals surface area contributed by atoms with Gasteiger partial charge < -0.3 is 10.0 Å². The zero-order valence-corrected chi connectivity index (χ0v) is 12.2. The molecule has 0 saturated heterocycles. The largest absolute Gasteiger partial charge is 0.481 e. The SMILES string of the molecule is CCN(CCC#N)C(=O)CC1(CC(=O)O)CCCCC1. The van der Waals surface area contributed by atoms with Crippen LogP contribution in [0.2, 0.25) is 0 Å². The molecule has 1 aliphatic rings. The summed E-state index contributed by atoms with van der Waals surface area (Å²) in [6, 6.07) is 2.04. The van der Waals surface area contributed by atoms with Gasteiger partial charge in [-0.3, -0.25) is 9.59 Å². The molecule has 0 unspecified atom stereocenters. The van der Waals surface area contributed by atoms with E-state index in [0.717, 1.165) is 32.1 Å². The van der Waals surface area contributed by atoms with Crippen LogP contribution in [0.15, 0.2) is 0 Å². The van der Waals surface area contributed by atoms with Gasteiger partial charge in [0.25, 0.3) is 0 Å². The third-order valence-electron chi connectivity index (χ3n) is 4.19. The molecular formula is C15H24N2O3. The highest BCUT2D eigenvalue weighted by molar-refractivity contribution is 5.78. The monoisotopic (exact) mass is 280 g/mol. The number of rotatable bonds is 7. The van der Waals surface area contributed by atoms with Crippen LogP contribution in [0.3, 0.4) is 0 Å². The highest BCUT2D eigenvalue weighted by Gasteiger charge is 2.37. The summed E-state index contributed by atoms with van der Waals surface area (Å²) in [6.45, 7) is 2.90. The van der Waals surface area contributed by atoms with Crippen molar-refractivity contribution in [3.8, 4) is 6.07 Å². The first-order chi connectivity index (χ1) is 9.53. The molecule has 0 aromatic carbocycles. The van der Waals surface area contributed by atoms with Crippen LogP contribution in [-0.4, -0.2) is 35.0 Å². The number of carboxylic acids is 1. The first-order valence-corrected chi connectivity index (χ1v) is 7.39. The molecule has 1 saturated carbocycles. The Hall–Kier alpha value is -1.57. The lowest BCUT2D eigenvalue weighted by atomic mass is 9.69. The second kappa shape index (κ2) is 7.88. The Kier molecular flexibility index (Phi) is 6.50. The molecule has 1 amide bonds. The number of amides is 1. The average Bonchev–Trinajstić information content (AvgIpc) is 2.39. The van der Waals surface area contributed by atoms with Gasteiger partial charge in [-0.25, -0.2) is 0 Å². The van der Waals surface area contributed by atoms with Gasteiger partial charge in [-0.05, 0) is 25.2 Å². The van der Waals surface area contributed by atoms with Crippen LogP contribution in [0, 0.1) is 16.7 Å². The molecule has 0 bridgehead atoms. The Labute approximate surface area is 120 Å². The van der Waals surface area contributed by atoms with Crippen molar-refractivity contribution < 1.29 is 14.7 Å². The van der Waals surface area contributed by atoms with Crippen LogP contribution >= 0.6 is 0 Å². The fourth-order valence-electron chi connectivity index (χ4n) is 3.12. The summed E-state index contributed by atoms with van der Waals surface area (Å²) in [5.41, 5.74) is -0.374. The van der Waals surface area contributed by atoms with Crippen molar-refractivity contribution in [3.63, 3.8) is 0 Å². The Morgan fingerprint density at radius 3 is 2.40 bits per heavy atom. The van der Waals surface area contributed by atoms with Gasteiger partial charge in [0, 0.05) is 19.5 Å². The van der Waals surface area contributed by atoms with Crippen molar-refractivity contribution in [2.75, 3.05) is 13.1 Å². The van der Waals surface area contributed by atoms with E-state index in [-0.39, 0.29) is 17.7 Å². The summed E-state index contributed by atoms with van der Waals surface area (Å²) >= 11 is 0. The Morgan fingerprint density at radius 1 is 1.25 bits per heavy atom. The van der Waals surface area contributed by atoms with Gasteiger partial charge in [0.1, 0.15) is 0 Å². The second-order valence-corrected chi connectivity index (χ2v) is 5.69. The van der Waals surface area contributed by atoms with Crippen LogP contribution in [-0.2, 0) is 9.59 Å². The van der Waals surface area contributed by atoms with Gasteiger partial charge in [-0.15, -0.1) is 0 Å². The maximum Gasteiger partial charge on any atom is 0.303 e. The van der Waals surface area contributed by atoms with E-state index in [1.165, 1.54) is 0 Å². The van der Waals surface area contributed by atoms with Crippen LogP contribution in [0.4, 0.5) is 0 Å². The number of carboxylic acid groups (broad SMARTS) is 1. The molecule has 112 valence electrons. The van der Waals surface area contributed by atoms with E-state index in [9.17, 15) is 9.59 Å². The number of nitriles is 1. The standard InChI is InChI=1S/C15H24N2O3/c1-2-17(10-6-9-16)13(18)11-15(12-14(19)20)7-4-3-5-8-15/h2-8,10-12H2,1H3,(H,19,20). The second-order valence-electron chi connectivity index (χ2n) is 5.69. The number of carbonyl (C=O) groups excluding carboxylic acids is 1. The lowest BCUT2D eigenvalue weighted by Crippen LogP contribution is -2.38. The molecule has 1 aliphatic carbocycles. The average molecular weight is 280 g/mol. The van der Waals surface area contributed by atoms with Gasteiger partial charge in [0.15, 0.2) is 0 Å². The fourth-order valence-corrected chi connectivity index (χ4v) is 3.12. The molecule has 0 spiro atoms. The molecule has 1 fully saturated rings. The molecule has 5 nitrogen and oxygen atoms in total. The normalized spacial score (nSPS) is 17.2. The minimum atomic E-state index is -0.820. The zero-order chi connectivity index (χ0) is 15.0. The number of carbonyl (C=O) groups is 2. The van der Waals surface area contributed by atoms with Crippen molar-refractivity contribution in [1.29, 1.82) is 5.26 Å². The summed E-state index contributed by atoms with van der Waals surface area (Å²) < 4.78 is 0. The first kappa shape index (κ1) is 16.5. The van der Waals surface area contributed by atoms with Gasteiger partial charge in [0.05, 0.1) is 18.9 Å². The summed E-state index contributed by atoms with van der Waals surface area (Å²) in [5.74, 6) is -0.828. The summed E-state index contributed by atoms with van der Waals surface area (Å²) in [7, 11) is 0. The van der Waals surface area contributed by atoms with Crippen molar-refractivity contribution in [2.24, 2.45) is 5.41 Å². The highest BCUT2D eigenvalue weighted by atomic mass is 16.4. The molecule has 20 heavy (non-hydrogen) atoms. The van der Waals surface area contributed by atoms with E-state index in [4.69, 9.17) is 10.4 Å². The maximum absolute atomic E-state index is 12.4. The molecule has 0 heterocycles. The number of hydrogen-bond acceptors (Lipinski definition) is 3. The minimum absolute atomic E-state index is 0.00843. The Balaban J connectivity index is 2.70. The topological polar surface area (TPSA) is 81.4 Å². The molecule has 0 atom stereocenters. The van der Waals surface area contributed by atoms with Crippen molar-refractivity contribution in [3.05, 3.63) is 0 Å². The first-order valence-electron chi connectivity index (χ1n) is 7.39. The predicted octanol–water partition coefficient (Wildman–Crippen LogP) is 2.56. The molecule has 0 aromatic rings. The summed E-state index contributed by atoms with van der Waals surface area (Å²) in [4.78, 5) is 25.1. The van der Waals surface area contributed by atoms with Crippen LogP contribution < -0.4 is 0 Å². The van der Waals surface area contributed by atoms with E-state index < -0.39 is 5.97 Å². The summed E-state index contributed by atoms with van der Waals surface area (Å²) in [6.07, 6.45) is 5.48. The molecule has 1 N–H and O–H groups in total. The number of nitrogens with zero attached hydrogens (tertiary/aromatic N) is 2. The van der Waals surface area contributed by atoms with E-state index in [2.05, 4.69) is 0 Å². The van der Waals surface area contributed by atoms with Crippen molar-refractivity contribution in [2.45, 2.75) is 58.3 Å². The van der Waals surface area contributed by atoms with Gasteiger partial charge in [-0.2, -0.15) is 5.26 Å². The van der Waals surface area contributed by atoms with Gasteiger partial charge in [-0.1, -0.05) is 19.3 Å². The number of aliphatic carboxylic acids is 1. The van der Waals surface area contributed by atoms with E-state index in [0.29, 0.717) is 25.9 Å². The molecule has 1 rings (SSSR count). The van der Waals surface area contributed by atoms with Crippen LogP contribution in [0.1, 0.15) is 58.3 Å². The fraction of sp³-hybridized carbons (Fsp3) is 0.800. The third kappa shape index (κ3) is 4.84. The molecular weight excluding hydrogens is 256 g/mol. The molecule has 0 aliphatic heterocycles. The van der Waals surface area contributed by atoms with Gasteiger partial charge in [0.2, 0.25) is 5.91 Å². The molecule has 5 heteroatoms. The highest BCUT2D eigenvalue weighted by Crippen LogP contribution is 2.42. The van der Waals surface area contributed by atoms with Crippen molar-refractivity contribution >= 4 is 11.9 Å². The lowest BCUT2D eigenvalue weighted by Gasteiger charge is -2.37. The van der Waals surface area contributed by atoms with E-state index >= 15 is 0 Å². The maximum atomic E-state index is 12.4. The number of hydrogen-bond donors (Lipinski definition) is 1. The van der Waals surface area contributed by atoms with E-state index in [1.807, 2.05) is 13.0 Å². The molecule has 0 radical (unpaired) electrons. The Morgan fingerprint density at radius 2 is 1.90 bits per heavy atom. The molecule has 0 aromatic heterocycles. The smallest absolute Gasteiger partial charge is 0.303 e. The Bertz CT molecular complexity index is 381. The zero-order valence-electron chi connectivity index (χ0n) is 12.2. The van der Waals surface area contributed by atoms with E-state index in [1.54, 1.807) is 4.90 Å². The quantitative estimate of drug-likeness (QED) is 0.777. The third-order valence-corrected chi connectivity index (χ3v) is 4.19. The van der Waals surface area contributed by atoms with Crippen LogP contribution in [0.5, 0.6) is 0 Å². The van der Waals surface area contributed by atoms with Gasteiger partial charge >= 0.3 is 5.97 Å². The van der Waals surface area contributed by atoms with Crippen molar-refractivity contribution in [1.82, 2.24) is 4.90 Å². The summed E-state index contributed by atoms with van der Waals surface area (Å²) in [5, 5.41) is 17.7.